The van der Waals surface area contributed by atoms with Gasteiger partial charge in [0.05, 0.1) is 0 Å². The van der Waals surface area contributed by atoms with Crippen molar-refractivity contribution in [2.45, 2.75) is 13.8 Å². The van der Waals surface area contributed by atoms with Gasteiger partial charge in [0.2, 0.25) is 0 Å². The molecule has 0 amide bonds. The molecule has 0 saturated carbocycles. The van der Waals surface area contributed by atoms with E-state index in [2.05, 4.69) is 0 Å². The number of aldehydes is 1. The molecule has 0 heterocycles. The second-order valence-electron chi connectivity index (χ2n) is 3.13. The van der Waals surface area contributed by atoms with Gasteiger partial charge in [-0.15, -0.1) is 0 Å². The highest BCUT2D eigenvalue weighted by Gasteiger charge is 2.01. The van der Waals surface area contributed by atoms with Crippen LogP contribution in [0, 0.1) is 6.92 Å². The maximum Gasteiger partial charge on any atom is 0.167 e. The predicted octanol–water partition coefficient (Wildman–Crippen LogP) is 1.78. The lowest BCUT2D eigenvalue weighted by Crippen LogP contribution is -2.07. The van der Waals surface area contributed by atoms with Gasteiger partial charge in [0.25, 0.3) is 0 Å². The molecule has 0 atom stereocenters. The van der Waals surface area contributed by atoms with E-state index in [0.29, 0.717) is 11.3 Å². The van der Waals surface area contributed by atoms with Gasteiger partial charge < -0.3 is 4.74 Å². The molecule has 0 saturated heterocycles. The van der Waals surface area contributed by atoms with Gasteiger partial charge in [-0.1, -0.05) is 0 Å². The molecule has 74 valence electrons. The Labute approximate surface area is 82.7 Å². The molecule has 0 aromatic heterocycles. The lowest BCUT2D eigenvalue weighted by Gasteiger charge is -2.07. The number of Topliss-reactive ketones (excluding diaryl/α,β-unsaturated/α-hetero) is 1. The van der Waals surface area contributed by atoms with Crippen LogP contribution in [0.2, 0.25) is 0 Å². The van der Waals surface area contributed by atoms with Gasteiger partial charge in [-0.05, 0) is 37.6 Å². The summed E-state index contributed by atoms with van der Waals surface area (Å²) in [7, 11) is 0. The Hall–Kier alpha value is -1.64. The minimum absolute atomic E-state index is 0.0242. The van der Waals surface area contributed by atoms with Crippen molar-refractivity contribution in [3.63, 3.8) is 0 Å². The lowest BCUT2D eigenvalue weighted by molar-refractivity contribution is -0.118. The first-order valence-electron chi connectivity index (χ1n) is 4.31. The van der Waals surface area contributed by atoms with Gasteiger partial charge in [0, 0.05) is 5.56 Å². The van der Waals surface area contributed by atoms with Crippen molar-refractivity contribution in [2.24, 2.45) is 0 Å². The SMILES string of the molecule is CC(=O)COc1ccc(C=O)cc1C. The molecule has 0 bridgehead atoms. The maximum atomic E-state index is 10.7. The Bertz CT molecular complexity index is 356. The summed E-state index contributed by atoms with van der Waals surface area (Å²) in [6.45, 7) is 3.37. The molecule has 0 aliphatic heterocycles. The van der Waals surface area contributed by atoms with Crippen molar-refractivity contribution in [1.29, 1.82) is 0 Å². The minimum atomic E-state index is -0.0242. The van der Waals surface area contributed by atoms with Gasteiger partial charge in [-0.3, -0.25) is 9.59 Å². The van der Waals surface area contributed by atoms with Gasteiger partial charge in [0.1, 0.15) is 18.6 Å². The molecule has 1 aromatic carbocycles. The predicted molar refractivity (Wildman–Crippen MR) is 52.7 cm³/mol. The van der Waals surface area contributed by atoms with Crippen molar-refractivity contribution >= 4 is 12.1 Å². The first kappa shape index (κ1) is 10.4. The number of hydrogen-bond acceptors (Lipinski definition) is 3. The Morgan fingerprint density at radius 2 is 2.21 bits per heavy atom. The molecule has 0 aliphatic carbocycles. The fourth-order valence-electron chi connectivity index (χ4n) is 1.09. The average Bonchev–Trinajstić information content (AvgIpc) is 2.15. The summed E-state index contributed by atoms with van der Waals surface area (Å²) in [5, 5.41) is 0. The maximum absolute atomic E-state index is 10.7. The summed E-state index contributed by atoms with van der Waals surface area (Å²) in [6.07, 6.45) is 0.780. The molecule has 1 rings (SSSR count). The Morgan fingerprint density at radius 3 is 2.71 bits per heavy atom. The van der Waals surface area contributed by atoms with Crippen LogP contribution in [-0.4, -0.2) is 18.7 Å². The Kier molecular flexibility index (Phi) is 3.40. The number of rotatable bonds is 4. The zero-order chi connectivity index (χ0) is 10.6. The van der Waals surface area contributed by atoms with Crippen LogP contribution < -0.4 is 4.74 Å². The molecule has 0 aliphatic rings. The molecule has 3 heteroatoms. The van der Waals surface area contributed by atoms with Crippen LogP contribution in [0.5, 0.6) is 5.75 Å². The van der Waals surface area contributed by atoms with Crippen molar-refractivity contribution in [1.82, 2.24) is 0 Å². The molecule has 0 N–H and O–H groups in total. The minimum Gasteiger partial charge on any atom is -0.486 e. The first-order chi connectivity index (χ1) is 6.63. The van der Waals surface area contributed by atoms with Crippen LogP contribution in [0.4, 0.5) is 0 Å². The van der Waals surface area contributed by atoms with Crippen LogP contribution in [0.1, 0.15) is 22.8 Å². The van der Waals surface area contributed by atoms with Gasteiger partial charge in [0.15, 0.2) is 5.78 Å². The van der Waals surface area contributed by atoms with E-state index in [4.69, 9.17) is 4.74 Å². The fourth-order valence-corrected chi connectivity index (χ4v) is 1.09. The second kappa shape index (κ2) is 4.56. The van der Waals surface area contributed by atoms with E-state index in [0.717, 1.165) is 11.8 Å². The summed E-state index contributed by atoms with van der Waals surface area (Å²) >= 11 is 0. The van der Waals surface area contributed by atoms with Crippen LogP contribution >= 0.6 is 0 Å². The molecule has 0 spiro atoms. The van der Waals surface area contributed by atoms with Gasteiger partial charge >= 0.3 is 0 Å². The summed E-state index contributed by atoms with van der Waals surface area (Å²) in [5.74, 6) is 0.620. The third-order valence-electron chi connectivity index (χ3n) is 1.77. The van der Waals surface area contributed by atoms with Crippen molar-refractivity contribution in [3.8, 4) is 5.75 Å². The zero-order valence-corrected chi connectivity index (χ0v) is 8.24. The molecule has 3 nitrogen and oxygen atoms in total. The Balaban J connectivity index is 2.78. The highest BCUT2D eigenvalue weighted by Crippen LogP contribution is 2.18. The number of ether oxygens (including phenoxy) is 1. The molecular formula is C11H12O3. The largest absolute Gasteiger partial charge is 0.486 e. The van der Waals surface area contributed by atoms with Gasteiger partial charge in [-0.2, -0.15) is 0 Å². The van der Waals surface area contributed by atoms with Crippen LogP contribution in [0.25, 0.3) is 0 Å². The van der Waals surface area contributed by atoms with E-state index in [1.165, 1.54) is 6.92 Å². The summed E-state index contributed by atoms with van der Waals surface area (Å²) in [6, 6.07) is 5.08. The lowest BCUT2D eigenvalue weighted by atomic mass is 10.1. The molecule has 1 aromatic rings. The molecule has 0 unspecified atom stereocenters. The number of aryl methyl sites for hydroxylation is 1. The van der Waals surface area contributed by atoms with Crippen molar-refractivity contribution in [2.75, 3.05) is 6.61 Å². The summed E-state index contributed by atoms with van der Waals surface area (Å²) in [5.41, 5.74) is 1.47. The topological polar surface area (TPSA) is 43.4 Å². The van der Waals surface area contributed by atoms with E-state index < -0.39 is 0 Å². The fraction of sp³-hybridized carbons (Fsp3) is 0.273. The van der Waals surface area contributed by atoms with E-state index in [1.807, 2.05) is 6.92 Å². The molecular weight excluding hydrogens is 180 g/mol. The third-order valence-corrected chi connectivity index (χ3v) is 1.77. The van der Waals surface area contributed by atoms with E-state index >= 15 is 0 Å². The molecule has 0 radical (unpaired) electrons. The van der Waals surface area contributed by atoms with E-state index in [9.17, 15) is 9.59 Å². The highest BCUT2D eigenvalue weighted by molar-refractivity contribution is 5.77. The quantitative estimate of drug-likeness (QED) is 0.683. The van der Waals surface area contributed by atoms with Crippen molar-refractivity contribution in [3.05, 3.63) is 29.3 Å². The summed E-state index contributed by atoms with van der Waals surface area (Å²) < 4.78 is 5.23. The second-order valence-corrected chi connectivity index (χ2v) is 3.13. The number of hydrogen-bond donors (Lipinski definition) is 0. The smallest absolute Gasteiger partial charge is 0.167 e. The van der Waals surface area contributed by atoms with E-state index in [1.54, 1.807) is 18.2 Å². The average molecular weight is 192 g/mol. The highest BCUT2D eigenvalue weighted by atomic mass is 16.5. The van der Waals surface area contributed by atoms with Gasteiger partial charge in [-0.25, -0.2) is 0 Å². The Morgan fingerprint density at radius 1 is 1.50 bits per heavy atom. The normalized spacial score (nSPS) is 9.57. The number of carbonyl (C=O) groups is 2. The van der Waals surface area contributed by atoms with Crippen LogP contribution in [-0.2, 0) is 4.79 Å². The molecule has 0 fully saturated rings. The number of carbonyl (C=O) groups excluding carboxylic acids is 2. The van der Waals surface area contributed by atoms with Crippen molar-refractivity contribution < 1.29 is 14.3 Å². The first-order valence-corrected chi connectivity index (χ1v) is 4.31. The molecule has 14 heavy (non-hydrogen) atoms. The zero-order valence-electron chi connectivity index (χ0n) is 8.24. The number of ketones is 1. The third kappa shape index (κ3) is 2.69. The monoisotopic (exact) mass is 192 g/mol. The number of benzene rings is 1. The van der Waals surface area contributed by atoms with Crippen LogP contribution in [0.15, 0.2) is 18.2 Å². The summed E-state index contributed by atoms with van der Waals surface area (Å²) in [4.78, 5) is 21.1. The standard InChI is InChI=1S/C11H12O3/c1-8-5-10(6-12)3-4-11(8)14-7-9(2)13/h3-6H,7H2,1-2H3. The van der Waals surface area contributed by atoms with E-state index in [-0.39, 0.29) is 12.4 Å². The van der Waals surface area contributed by atoms with Crippen LogP contribution in [0.3, 0.4) is 0 Å².